The van der Waals surface area contributed by atoms with Crippen LogP contribution in [0, 0.1) is 5.92 Å². The van der Waals surface area contributed by atoms with Crippen molar-refractivity contribution in [2.24, 2.45) is 11.7 Å². The Hall–Kier alpha value is -0.380. The predicted octanol–water partition coefficient (Wildman–Crippen LogP) is 2.95. The van der Waals surface area contributed by atoms with E-state index in [4.69, 9.17) is 10.5 Å². The molecule has 0 amide bonds. The first-order valence-corrected chi connectivity index (χ1v) is 6.56. The van der Waals surface area contributed by atoms with Crippen molar-refractivity contribution in [2.45, 2.75) is 38.3 Å². The maximum atomic E-state index is 5.94. The molecule has 1 aliphatic rings. The highest BCUT2D eigenvalue weighted by atomic mass is 32.1. The number of hydrogen-bond donors (Lipinski definition) is 1. The summed E-state index contributed by atoms with van der Waals surface area (Å²) in [6.07, 6.45) is 4.08. The normalized spacial score (nSPS) is 20.1. The first-order chi connectivity index (χ1) is 7.27. The van der Waals surface area contributed by atoms with Gasteiger partial charge in [-0.3, -0.25) is 0 Å². The van der Waals surface area contributed by atoms with Crippen molar-refractivity contribution >= 4 is 11.3 Å². The number of thiophene rings is 1. The zero-order chi connectivity index (χ0) is 10.7. The third kappa shape index (κ3) is 3.30. The van der Waals surface area contributed by atoms with Gasteiger partial charge < -0.3 is 10.5 Å². The molecule has 2 unspecified atom stereocenters. The summed E-state index contributed by atoms with van der Waals surface area (Å²) < 4.78 is 5.88. The van der Waals surface area contributed by atoms with Crippen LogP contribution in [0.4, 0.5) is 0 Å². The average Bonchev–Trinajstić information content (AvgIpc) is 2.86. The second kappa shape index (κ2) is 5.10. The average molecular weight is 225 g/mol. The molecule has 15 heavy (non-hydrogen) atoms. The largest absolute Gasteiger partial charge is 0.371 e. The summed E-state index contributed by atoms with van der Waals surface area (Å²) in [4.78, 5) is 1.25. The molecule has 1 fully saturated rings. The highest BCUT2D eigenvalue weighted by Gasteiger charge is 2.23. The van der Waals surface area contributed by atoms with Crippen LogP contribution in [0.2, 0.25) is 0 Å². The zero-order valence-corrected chi connectivity index (χ0v) is 10.0. The van der Waals surface area contributed by atoms with Gasteiger partial charge >= 0.3 is 0 Å². The van der Waals surface area contributed by atoms with Crippen LogP contribution in [0.25, 0.3) is 0 Å². The Balaban J connectivity index is 1.82. The lowest BCUT2D eigenvalue weighted by Gasteiger charge is -2.20. The van der Waals surface area contributed by atoms with Crippen molar-refractivity contribution in [2.75, 3.05) is 6.61 Å². The molecular weight excluding hydrogens is 206 g/mol. The standard InChI is InChI=1S/C12H19NOS/c1-9(13)12(11-3-2-8-15-11)14-7-6-10-4-5-10/h2-3,8-10,12H,4-7,13H2,1H3. The van der Waals surface area contributed by atoms with E-state index in [0.717, 1.165) is 12.5 Å². The fourth-order valence-electron chi connectivity index (χ4n) is 1.71. The van der Waals surface area contributed by atoms with E-state index in [9.17, 15) is 0 Å². The summed E-state index contributed by atoms with van der Waals surface area (Å²) in [6.45, 7) is 2.87. The summed E-state index contributed by atoms with van der Waals surface area (Å²) in [5, 5.41) is 2.08. The molecule has 1 heterocycles. The van der Waals surface area contributed by atoms with Crippen molar-refractivity contribution in [3.05, 3.63) is 22.4 Å². The van der Waals surface area contributed by atoms with Gasteiger partial charge in [0.2, 0.25) is 0 Å². The van der Waals surface area contributed by atoms with E-state index < -0.39 is 0 Å². The number of hydrogen-bond acceptors (Lipinski definition) is 3. The molecule has 0 saturated heterocycles. The van der Waals surface area contributed by atoms with E-state index in [-0.39, 0.29) is 12.1 Å². The molecule has 1 saturated carbocycles. The lowest BCUT2D eigenvalue weighted by Crippen LogP contribution is -2.26. The summed E-state index contributed by atoms with van der Waals surface area (Å²) in [5.41, 5.74) is 5.94. The van der Waals surface area contributed by atoms with E-state index in [0.29, 0.717) is 0 Å². The maximum absolute atomic E-state index is 5.94. The zero-order valence-electron chi connectivity index (χ0n) is 9.19. The Morgan fingerprint density at radius 3 is 2.93 bits per heavy atom. The van der Waals surface area contributed by atoms with Crippen LogP contribution in [0.3, 0.4) is 0 Å². The van der Waals surface area contributed by atoms with Gasteiger partial charge in [0.05, 0.1) is 0 Å². The van der Waals surface area contributed by atoms with Crippen molar-refractivity contribution in [1.29, 1.82) is 0 Å². The van der Waals surface area contributed by atoms with Gasteiger partial charge in [-0.25, -0.2) is 0 Å². The number of nitrogens with two attached hydrogens (primary N) is 1. The highest BCUT2D eigenvalue weighted by molar-refractivity contribution is 7.10. The Morgan fingerprint density at radius 1 is 1.60 bits per heavy atom. The monoisotopic (exact) mass is 225 g/mol. The lowest BCUT2D eigenvalue weighted by molar-refractivity contribution is 0.0370. The molecule has 0 spiro atoms. The molecular formula is C12H19NOS. The minimum absolute atomic E-state index is 0.0721. The first-order valence-electron chi connectivity index (χ1n) is 5.68. The van der Waals surface area contributed by atoms with E-state index in [1.54, 1.807) is 11.3 Å². The smallest absolute Gasteiger partial charge is 0.106 e. The molecule has 1 aromatic rings. The molecule has 2 rings (SSSR count). The summed E-state index contributed by atoms with van der Waals surface area (Å²) in [6, 6.07) is 4.23. The van der Waals surface area contributed by atoms with Crippen molar-refractivity contribution in [1.82, 2.24) is 0 Å². The van der Waals surface area contributed by atoms with Crippen molar-refractivity contribution < 1.29 is 4.74 Å². The molecule has 3 heteroatoms. The first kappa shape index (κ1) is 11.1. The molecule has 1 aliphatic carbocycles. The van der Waals surface area contributed by atoms with E-state index >= 15 is 0 Å². The molecule has 0 aromatic carbocycles. The molecule has 1 aromatic heterocycles. The van der Waals surface area contributed by atoms with Gasteiger partial charge in [-0.1, -0.05) is 18.9 Å². The number of rotatable bonds is 6. The van der Waals surface area contributed by atoms with Crippen LogP contribution in [0.15, 0.2) is 17.5 Å². The third-order valence-electron chi connectivity index (χ3n) is 2.82. The van der Waals surface area contributed by atoms with E-state index in [1.165, 1.54) is 24.1 Å². The Bertz CT molecular complexity index is 280. The minimum Gasteiger partial charge on any atom is -0.371 e. The van der Waals surface area contributed by atoms with Gasteiger partial charge in [-0.05, 0) is 30.7 Å². The predicted molar refractivity (Wildman–Crippen MR) is 64.0 cm³/mol. The topological polar surface area (TPSA) is 35.2 Å². The van der Waals surface area contributed by atoms with E-state index in [2.05, 4.69) is 17.5 Å². The quantitative estimate of drug-likeness (QED) is 0.808. The van der Waals surface area contributed by atoms with Crippen LogP contribution in [0.1, 0.15) is 37.2 Å². The van der Waals surface area contributed by atoms with Gasteiger partial charge in [0.1, 0.15) is 6.10 Å². The molecule has 2 N–H and O–H groups in total. The molecule has 2 atom stereocenters. The van der Waals surface area contributed by atoms with Gasteiger partial charge in [0.15, 0.2) is 0 Å². The molecule has 84 valence electrons. The Kier molecular flexibility index (Phi) is 3.78. The van der Waals surface area contributed by atoms with Gasteiger partial charge in [-0.2, -0.15) is 0 Å². The summed E-state index contributed by atoms with van der Waals surface area (Å²) in [7, 11) is 0. The Labute approximate surface area is 95.4 Å². The molecule has 0 radical (unpaired) electrons. The minimum atomic E-state index is 0.0721. The van der Waals surface area contributed by atoms with Crippen LogP contribution in [-0.2, 0) is 4.74 Å². The molecule has 0 bridgehead atoms. The van der Waals surface area contributed by atoms with Gasteiger partial charge in [0, 0.05) is 17.5 Å². The van der Waals surface area contributed by atoms with Crippen molar-refractivity contribution in [3.8, 4) is 0 Å². The summed E-state index contributed by atoms with van der Waals surface area (Å²) in [5.74, 6) is 0.932. The molecule has 2 nitrogen and oxygen atoms in total. The summed E-state index contributed by atoms with van der Waals surface area (Å²) >= 11 is 1.73. The van der Waals surface area contributed by atoms with Crippen LogP contribution >= 0.6 is 11.3 Å². The van der Waals surface area contributed by atoms with Crippen molar-refractivity contribution in [3.63, 3.8) is 0 Å². The van der Waals surface area contributed by atoms with Gasteiger partial charge in [0.25, 0.3) is 0 Å². The highest BCUT2D eigenvalue weighted by Crippen LogP contribution is 2.33. The molecule has 0 aliphatic heterocycles. The lowest BCUT2D eigenvalue weighted by atomic mass is 10.1. The second-order valence-electron chi connectivity index (χ2n) is 4.40. The van der Waals surface area contributed by atoms with E-state index in [1.807, 2.05) is 6.92 Å². The van der Waals surface area contributed by atoms with Crippen LogP contribution in [0.5, 0.6) is 0 Å². The van der Waals surface area contributed by atoms with Crippen LogP contribution < -0.4 is 5.73 Å². The fraction of sp³-hybridized carbons (Fsp3) is 0.667. The van der Waals surface area contributed by atoms with Gasteiger partial charge in [-0.15, -0.1) is 11.3 Å². The number of ether oxygens (including phenoxy) is 1. The van der Waals surface area contributed by atoms with Crippen LogP contribution in [-0.4, -0.2) is 12.6 Å². The Morgan fingerprint density at radius 2 is 2.40 bits per heavy atom. The third-order valence-corrected chi connectivity index (χ3v) is 3.76. The maximum Gasteiger partial charge on any atom is 0.106 e. The second-order valence-corrected chi connectivity index (χ2v) is 5.38. The SMILES string of the molecule is CC(N)C(OCCC1CC1)c1cccs1. The fourth-order valence-corrected chi connectivity index (χ4v) is 2.60.